The minimum Gasteiger partial charge on any atom is -0.384 e. The van der Waals surface area contributed by atoms with E-state index in [1.807, 2.05) is 6.07 Å². The lowest BCUT2D eigenvalue weighted by Crippen LogP contribution is -2.67. The van der Waals surface area contributed by atoms with Gasteiger partial charge in [0.05, 0.1) is 0 Å². The van der Waals surface area contributed by atoms with Crippen molar-refractivity contribution in [1.82, 2.24) is 10.3 Å². The molecule has 0 spiro atoms. The van der Waals surface area contributed by atoms with Crippen LogP contribution in [0.3, 0.4) is 0 Å². The molecule has 4 rings (SSSR count). The third-order valence-corrected chi connectivity index (χ3v) is 3.75. The minimum absolute atomic E-state index is 0.274. The molecule has 3 saturated carbocycles. The van der Waals surface area contributed by atoms with Crippen LogP contribution < -0.4 is 11.1 Å². The summed E-state index contributed by atoms with van der Waals surface area (Å²) in [6, 6.07) is 3.77. The van der Waals surface area contributed by atoms with E-state index >= 15 is 0 Å². The standard InChI is InChI=1S/C12H16FN3/c13-12-5-11(6-12,7-12)8-15-3-9-1-2-10(14)16-4-9/h1-2,4,15H,3,5-8H2,(H2,14,16). The van der Waals surface area contributed by atoms with Crippen molar-refractivity contribution in [1.29, 1.82) is 0 Å². The van der Waals surface area contributed by atoms with E-state index in [4.69, 9.17) is 5.73 Å². The summed E-state index contributed by atoms with van der Waals surface area (Å²) in [5.74, 6) is 0.544. The molecule has 0 saturated heterocycles. The maximum Gasteiger partial charge on any atom is 0.123 e. The molecule has 0 unspecified atom stereocenters. The quantitative estimate of drug-likeness (QED) is 0.812. The van der Waals surface area contributed by atoms with Crippen LogP contribution in [-0.4, -0.2) is 17.2 Å². The van der Waals surface area contributed by atoms with Gasteiger partial charge in [0.1, 0.15) is 11.5 Å². The number of aromatic nitrogens is 1. The molecule has 0 radical (unpaired) electrons. The normalized spacial score (nSPS) is 35.3. The van der Waals surface area contributed by atoms with Gasteiger partial charge in [-0.3, -0.25) is 0 Å². The summed E-state index contributed by atoms with van der Waals surface area (Å²) in [7, 11) is 0. The van der Waals surface area contributed by atoms with Crippen molar-refractivity contribution in [3.05, 3.63) is 23.9 Å². The van der Waals surface area contributed by atoms with Gasteiger partial charge in [-0.1, -0.05) is 6.07 Å². The van der Waals surface area contributed by atoms with Crippen LogP contribution in [0.4, 0.5) is 10.2 Å². The number of alkyl halides is 1. The minimum atomic E-state index is -0.787. The summed E-state index contributed by atoms with van der Waals surface area (Å²) >= 11 is 0. The summed E-state index contributed by atoms with van der Waals surface area (Å²) < 4.78 is 13.3. The number of hydrogen-bond donors (Lipinski definition) is 2. The van der Waals surface area contributed by atoms with Crippen molar-refractivity contribution in [3.63, 3.8) is 0 Å². The smallest absolute Gasteiger partial charge is 0.123 e. The number of nitrogens with two attached hydrogens (primary N) is 1. The number of halogens is 1. The SMILES string of the molecule is Nc1ccc(CNCC23CC(F)(C2)C3)cn1. The van der Waals surface area contributed by atoms with E-state index < -0.39 is 5.67 Å². The Morgan fingerprint density at radius 1 is 1.38 bits per heavy atom. The van der Waals surface area contributed by atoms with Crippen LogP contribution in [-0.2, 0) is 6.54 Å². The number of anilines is 1. The maximum atomic E-state index is 13.3. The molecule has 0 atom stereocenters. The van der Waals surface area contributed by atoms with Crippen molar-refractivity contribution < 1.29 is 4.39 Å². The van der Waals surface area contributed by atoms with Gasteiger partial charge in [0.15, 0.2) is 0 Å². The van der Waals surface area contributed by atoms with E-state index in [2.05, 4.69) is 10.3 Å². The first kappa shape index (κ1) is 10.0. The van der Waals surface area contributed by atoms with Crippen LogP contribution in [0.5, 0.6) is 0 Å². The lowest BCUT2D eigenvalue weighted by molar-refractivity contribution is -0.209. The molecular weight excluding hydrogens is 205 g/mol. The van der Waals surface area contributed by atoms with E-state index in [0.717, 1.165) is 37.9 Å². The largest absolute Gasteiger partial charge is 0.384 e. The topological polar surface area (TPSA) is 50.9 Å². The van der Waals surface area contributed by atoms with E-state index in [1.54, 1.807) is 12.3 Å². The monoisotopic (exact) mass is 221 g/mol. The van der Waals surface area contributed by atoms with Crippen LogP contribution in [0.25, 0.3) is 0 Å². The van der Waals surface area contributed by atoms with Crippen molar-refractivity contribution in [2.75, 3.05) is 12.3 Å². The third-order valence-electron chi connectivity index (χ3n) is 3.75. The van der Waals surface area contributed by atoms with Gasteiger partial charge >= 0.3 is 0 Å². The van der Waals surface area contributed by atoms with Crippen LogP contribution >= 0.6 is 0 Å². The molecule has 3 N–H and O–H groups in total. The zero-order valence-electron chi connectivity index (χ0n) is 9.17. The first-order chi connectivity index (χ1) is 7.59. The summed E-state index contributed by atoms with van der Waals surface area (Å²) in [6.45, 7) is 1.71. The fraction of sp³-hybridized carbons (Fsp3) is 0.583. The van der Waals surface area contributed by atoms with Crippen LogP contribution in [0.1, 0.15) is 24.8 Å². The fourth-order valence-electron chi connectivity index (χ4n) is 3.06. The Balaban J connectivity index is 1.46. The molecule has 3 nitrogen and oxygen atoms in total. The second-order valence-corrected chi connectivity index (χ2v) is 5.38. The number of nitrogen functional groups attached to an aromatic ring is 1. The molecule has 2 bridgehead atoms. The summed E-state index contributed by atoms with van der Waals surface area (Å²) in [5.41, 5.74) is 6.11. The van der Waals surface area contributed by atoms with Crippen LogP contribution in [0.15, 0.2) is 18.3 Å². The first-order valence-electron chi connectivity index (χ1n) is 5.69. The van der Waals surface area contributed by atoms with Gasteiger partial charge in [-0.25, -0.2) is 9.37 Å². The Morgan fingerprint density at radius 2 is 2.12 bits per heavy atom. The maximum absolute atomic E-state index is 13.3. The van der Waals surface area contributed by atoms with Crippen LogP contribution in [0, 0.1) is 5.41 Å². The molecule has 4 heteroatoms. The highest BCUT2D eigenvalue weighted by Gasteiger charge is 2.68. The molecule has 3 aliphatic rings. The van der Waals surface area contributed by atoms with E-state index in [9.17, 15) is 4.39 Å². The Bertz CT molecular complexity index is 381. The summed E-state index contributed by atoms with van der Waals surface area (Å²) in [6.07, 6.45) is 4.05. The molecule has 1 aromatic rings. The second-order valence-electron chi connectivity index (χ2n) is 5.38. The zero-order valence-corrected chi connectivity index (χ0v) is 9.17. The number of rotatable bonds is 4. The number of hydrogen-bond acceptors (Lipinski definition) is 3. The Hall–Kier alpha value is -1.16. The highest BCUT2D eigenvalue weighted by molar-refractivity contribution is 5.29. The Kier molecular flexibility index (Phi) is 1.98. The molecule has 3 aliphatic carbocycles. The molecule has 1 heterocycles. The van der Waals surface area contributed by atoms with Gasteiger partial charge in [-0.05, 0) is 36.3 Å². The highest BCUT2D eigenvalue weighted by Crippen LogP contribution is 2.69. The molecule has 1 aromatic heterocycles. The average molecular weight is 221 g/mol. The van der Waals surface area contributed by atoms with Gasteiger partial charge in [0.2, 0.25) is 0 Å². The summed E-state index contributed by atoms with van der Waals surface area (Å²) in [4.78, 5) is 4.03. The van der Waals surface area contributed by atoms with Crippen molar-refractivity contribution >= 4 is 5.82 Å². The van der Waals surface area contributed by atoms with Gasteiger partial charge in [0, 0.05) is 19.3 Å². The predicted octanol–water partition coefficient (Wildman–Crippen LogP) is 1.65. The third kappa shape index (κ3) is 1.57. The Morgan fingerprint density at radius 3 is 2.69 bits per heavy atom. The van der Waals surface area contributed by atoms with Gasteiger partial charge < -0.3 is 11.1 Å². The summed E-state index contributed by atoms with van der Waals surface area (Å²) in [5, 5.41) is 3.37. The first-order valence-corrected chi connectivity index (χ1v) is 5.69. The van der Waals surface area contributed by atoms with E-state index in [0.29, 0.717) is 5.82 Å². The molecular formula is C12H16FN3. The number of nitrogens with one attached hydrogen (secondary N) is 1. The lowest BCUT2D eigenvalue weighted by atomic mass is 9.42. The molecule has 0 aliphatic heterocycles. The second kappa shape index (κ2) is 3.17. The van der Waals surface area contributed by atoms with Crippen molar-refractivity contribution in [3.8, 4) is 0 Å². The number of pyridine rings is 1. The van der Waals surface area contributed by atoms with Crippen molar-refractivity contribution in [2.24, 2.45) is 5.41 Å². The molecule has 3 fully saturated rings. The van der Waals surface area contributed by atoms with Gasteiger partial charge in [-0.15, -0.1) is 0 Å². The molecule has 86 valence electrons. The van der Waals surface area contributed by atoms with E-state index in [1.165, 1.54) is 0 Å². The fourth-order valence-corrected chi connectivity index (χ4v) is 3.06. The molecule has 0 amide bonds. The lowest BCUT2D eigenvalue weighted by Gasteiger charge is -2.66. The van der Waals surface area contributed by atoms with E-state index in [-0.39, 0.29) is 5.41 Å². The zero-order chi connectivity index (χ0) is 11.2. The number of nitrogens with zero attached hydrogens (tertiary/aromatic N) is 1. The highest BCUT2D eigenvalue weighted by atomic mass is 19.1. The van der Waals surface area contributed by atoms with Gasteiger partial charge in [-0.2, -0.15) is 0 Å². The average Bonchev–Trinajstić information content (AvgIpc) is 2.17. The van der Waals surface area contributed by atoms with Crippen molar-refractivity contribution in [2.45, 2.75) is 31.5 Å². The molecule has 16 heavy (non-hydrogen) atoms. The van der Waals surface area contributed by atoms with Crippen LogP contribution in [0.2, 0.25) is 0 Å². The molecule has 0 aromatic carbocycles. The Labute approximate surface area is 94.2 Å². The predicted molar refractivity (Wildman–Crippen MR) is 60.5 cm³/mol. The van der Waals surface area contributed by atoms with Gasteiger partial charge in [0.25, 0.3) is 0 Å².